The number of nitrogens with zero attached hydrogens (tertiary/aromatic N) is 1. The van der Waals surface area contributed by atoms with Crippen molar-refractivity contribution < 1.29 is 23.9 Å². The van der Waals surface area contributed by atoms with Crippen LogP contribution in [0.5, 0.6) is 0 Å². The Morgan fingerprint density at radius 3 is 2.62 bits per heavy atom. The topological polar surface area (TPSA) is 51.1 Å². The second-order valence-electron chi connectivity index (χ2n) is 11.9. The number of pyridine rings is 1. The maximum Gasteiger partial charge on any atom is 0.273 e. The number of fused-ring (bicyclic) bond motifs is 2. The van der Waals surface area contributed by atoms with Gasteiger partial charge >= 0.3 is 0 Å². The molecule has 1 spiro atoms. The quantitative estimate of drug-likeness (QED) is 0.584. The summed E-state index contributed by atoms with van der Waals surface area (Å²) in [5.41, 5.74) is 3.54. The Bertz CT molecular complexity index is 1130. The number of aromatic nitrogens is 1. The first-order chi connectivity index (χ1) is 17.9. The van der Waals surface area contributed by atoms with Crippen molar-refractivity contribution in [3.05, 3.63) is 64.4 Å². The molecule has 0 radical (unpaired) electrons. The fourth-order valence-corrected chi connectivity index (χ4v) is 8.25. The molecule has 7 heteroatoms. The van der Waals surface area contributed by atoms with Gasteiger partial charge in [0.1, 0.15) is 5.92 Å². The van der Waals surface area contributed by atoms with Crippen molar-refractivity contribution in [3.8, 4) is 0 Å². The Morgan fingerprint density at radius 2 is 1.84 bits per heavy atom. The Labute approximate surface area is 223 Å². The molecule has 1 aromatic carbocycles. The van der Waals surface area contributed by atoms with Crippen LogP contribution < -0.4 is 10.3 Å². The number of benzene rings is 1. The second-order valence-corrected chi connectivity index (χ2v) is 12.3. The Balaban J connectivity index is 1.30. The third-order valence-electron chi connectivity index (χ3n) is 9.96. The number of likely N-dealkylation sites (tertiary alicyclic amines) is 1. The highest BCUT2D eigenvalue weighted by Crippen LogP contribution is 2.47. The van der Waals surface area contributed by atoms with Crippen molar-refractivity contribution in [2.24, 2.45) is 11.8 Å². The largest absolute Gasteiger partial charge is 0.345 e. The molecule has 1 amide bonds. The number of rotatable bonds is 3. The molecule has 0 bridgehead atoms. The van der Waals surface area contributed by atoms with Crippen LogP contribution in [-0.4, -0.2) is 42.4 Å². The van der Waals surface area contributed by atoms with E-state index in [1.54, 1.807) is 0 Å². The molecule has 3 heterocycles. The van der Waals surface area contributed by atoms with Crippen molar-refractivity contribution in [1.29, 1.82) is 0 Å². The van der Waals surface area contributed by atoms with Gasteiger partial charge in [0.2, 0.25) is 11.8 Å². The monoisotopic (exact) mass is 529 g/mol. The van der Waals surface area contributed by atoms with Crippen LogP contribution in [0.4, 0.5) is 8.78 Å². The van der Waals surface area contributed by atoms with Crippen LogP contribution in [0.1, 0.15) is 74.1 Å². The second kappa shape index (κ2) is 9.92. The van der Waals surface area contributed by atoms with Gasteiger partial charge in [-0.3, -0.25) is 4.79 Å². The number of carbonyl (C=O) groups excluding carboxylic acids is 1. The van der Waals surface area contributed by atoms with Gasteiger partial charge in [-0.1, -0.05) is 30.3 Å². The fraction of sp³-hybridized carbons (Fsp3) is 0.600. The zero-order chi connectivity index (χ0) is 25.6. The number of hydrogen-bond acceptors (Lipinski definition) is 1. The molecule has 1 aromatic heterocycles. The van der Waals surface area contributed by atoms with Crippen molar-refractivity contribution in [2.75, 3.05) is 19.6 Å². The van der Waals surface area contributed by atoms with Gasteiger partial charge in [-0.25, -0.2) is 8.78 Å². The zero-order valence-corrected chi connectivity index (χ0v) is 22.2. The first-order valence-electron chi connectivity index (χ1n) is 14.1. The molecule has 6 rings (SSSR count). The van der Waals surface area contributed by atoms with Gasteiger partial charge in [0.15, 0.2) is 5.69 Å². The number of aryl methyl sites for hydroxylation is 1. The maximum absolute atomic E-state index is 14.5. The Kier molecular flexibility index (Phi) is 6.77. The molecule has 4 nitrogen and oxygen atoms in total. The fourth-order valence-electron chi connectivity index (χ4n) is 8.07. The molecule has 198 valence electrons. The van der Waals surface area contributed by atoms with Gasteiger partial charge in [-0.05, 0) is 73.6 Å². The number of aromatic amines is 1. The predicted molar refractivity (Wildman–Crippen MR) is 139 cm³/mol. The van der Waals surface area contributed by atoms with Crippen molar-refractivity contribution in [1.82, 2.24) is 4.90 Å². The summed E-state index contributed by atoms with van der Waals surface area (Å²) in [6, 6.07) is 14.6. The normalized spacial score (nSPS) is 31.9. The predicted octanol–water partition coefficient (Wildman–Crippen LogP) is 4.52. The smallest absolute Gasteiger partial charge is 0.273 e. The molecule has 2 aliphatic heterocycles. The average molecular weight is 530 g/mol. The number of carbonyl (C=O) groups is 1. The minimum absolute atomic E-state index is 0.0278. The highest BCUT2D eigenvalue weighted by atomic mass is 35.5. The third-order valence-corrected chi connectivity index (χ3v) is 10.2. The summed E-state index contributed by atoms with van der Waals surface area (Å²) in [7, 11) is 0. The molecule has 2 aliphatic carbocycles. The van der Waals surface area contributed by atoms with Gasteiger partial charge in [0.05, 0.1) is 18.5 Å². The van der Waals surface area contributed by atoms with E-state index in [9.17, 15) is 13.6 Å². The van der Waals surface area contributed by atoms with Crippen molar-refractivity contribution in [2.45, 2.75) is 81.1 Å². The first kappa shape index (κ1) is 25.2. The van der Waals surface area contributed by atoms with Gasteiger partial charge < -0.3 is 10.2 Å². The van der Waals surface area contributed by atoms with Crippen LogP contribution in [0.25, 0.3) is 0 Å². The summed E-state index contributed by atoms with van der Waals surface area (Å²) < 4.78 is 28.2. The molecule has 4 atom stereocenters. The molecule has 2 aromatic rings. The minimum Gasteiger partial charge on any atom is -0.345 e. The van der Waals surface area contributed by atoms with E-state index in [2.05, 4.69) is 45.5 Å². The lowest BCUT2D eigenvalue weighted by Gasteiger charge is -2.47. The lowest BCUT2D eigenvalue weighted by molar-refractivity contribution is -0.640. The lowest BCUT2D eigenvalue weighted by Crippen LogP contribution is -2.82. The molecule has 3 N–H and O–H groups in total. The molecule has 4 aliphatic rings. The zero-order valence-electron chi connectivity index (χ0n) is 21.4. The number of quaternary nitrogens is 1. The van der Waals surface area contributed by atoms with E-state index in [0.717, 1.165) is 45.2 Å². The molecule has 3 fully saturated rings. The number of piperidine rings is 1. The standard InChI is InChI=1S/C30H36ClF2N3O/c31-27-9-8-23-25(35-27)7-4-13-29(23)19-34-18-24(29)28(37)36-16-12-22(20-5-2-1-3-6-20)17-26(36)21-10-14-30(32,33)15-11-21/h1-3,5-6,8-9,21-22,24,26,34H,4,7,10-19H2/p+2/t22-,24+,26+,29+/m1/s1. The molecular formula is C30H38ClF2N3O+2. The maximum atomic E-state index is 14.5. The van der Waals surface area contributed by atoms with Gasteiger partial charge in [-0.15, -0.1) is 0 Å². The van der Waals surface area contributed by atoms with Crippen LogP contribution in [0.15, 0.2) is 42.5 Å². The number of amides is 1. The number of halogens is 3. The summed E-state index contributed by atoms with van der Waals surface area (Å²) in [5.74, 6) is -1.91. The van der Waals surface area contributed by atoms with E-state index in [1.807, 2.05) is 12.1 Å². The van der Waals surface area contributed by atoms with Crippen molar-refractivity contribution in [3.63, 3.8) is 0 Å². The first-order valence-corrected chi connectivity index (χ1v) is 14.5. The highest BCUT2D eigenvalue weighted by Gasteiger charge is 2.56. The summed E-state index contributed by atoms with van der Waals surface area (Å²) in [6.45, 7) is 2.41. The number of nitrogens with two attached hydrogens (primary N) is 1. The van der Waals surface area contributed by atoms with Crippen molar-refractivity contribution >= 4 is 17.5 Å². The summed E-state index contributed by atoms with van der Waals surface area (Å²) in [6.07, 6.45) is 5.69. The van der Waals surface area contributed by atoms with Gasteiger partial charge in [0.25, 0.3) is 5.15 Å². The lowest BCUT2D eigenvalue weighted by atomic mass is 9.64. The molecule has 0 unspecified atom stereocenters. The molecule has 2 saturated heterocycles. The van der Waals surface area contributed by atoms with E-state index in [0.29, 0.717) is 30.5 Å². The third kappa shape index (κ3) is 4.69. The van der Waals surface area contributed by atoms with E-state index in [4.69, 9.17) is 11.6 Å². The number of nitrogens with one attached hydrogen (secondary N) is 1. The van der Waals surface area contributed by atoms with Crippen LogP contribution in [0.2, 0.25) is 5.15 Å². The average Bonchev–Trinajstić information content (AvgIpc) is 3.32. The number of hydrogen-bond donors (Lipinski definition) is 1. The Morgan fingerprint density at radius 1 is 1.05 bits per heavy atom. The number of alkyl halides is 2. The number of H-pyrrole nitrogens is 1. The summed E-state index contributed by atoms with van der Waals surface area (Å²) >= 11 is 6.29. The van der Waals surface area contributed by atoms with Crippen LogP contribution in [0, 0.1) is 11.8 Å². The highest BCUT2D eigenvalue weighted by molar-refractivity contribution is 6.28. The SMILES string of the molecule is O=C([C@@H]1C[NH2+]C[C@]12CCCc1[nH+]c(Cl)ccc12)N1CC[C@@H](c2ccccc2)C[C@H]1C1CCC(F)(F)CC1. The Hall–Kier alpha value is -2.05. The molecular weight excluding hydrogens is 492 g/mol. The molecule has 37 heavy (non-hydrogen) atoms. The molecule has 1 saturated carbocycles. The van der Waals surface area contributed by atoms with E-state index in [1.165, 1.54) is 16.8 Å². The summed E-state index contributed by atoms with van der Waals surface area (Å²) in [4.78, 5) is 20.0. The van der Waals surface area contributed by atoms with Crippen LogP contribution in [0.3, 0.4) is 0 Å². The van der Waals surface area contributed by atoms with Crippen LogP contribution in [-0.2, 0) is 16.6 Å². The van der Waals surface area contributed by atoms with E-state index >= 15 is 0 Å². The van der Waals surface area contributed by atoms with Gasteiger partial charge in [0, 0.05) is 43.5 Å². The van der Waals surface area contributed by atoms with E-state index < -0.39 is 5.92 Å². The van der Waals surface area contributed by atoms with Crippen LogP contribution >= 0.6 is 11.6 Å². The summed E-state index contributed by atoms with van der Waals surface area (Å²) in [5, 5.41) is 2.94. The van der Waals surface area contributed by atoms with E-state index in [-0.39, 0.29) is 42.0 Å². The minimum atomic E-state index is -2.56. The van der Waals surface area contributed by atoms with Gasteiger partial charge in [-0.2, -0.15) is 4.98 Å².